The van der Waals surface area contributed by atoms with Crippen molar-refractivity contribution in [3.8, 4) is 0 Å². The normalized spacial score (nSPS) is 33.9. The minimum atomic E-state index is 0.522. The lowest BCUT2D eigenvalue weighted by Gasteiger charge is -2.32. The molecule has 2 unspecified atom stereocenters. The van der Waals surface area contributed by atoms with Gasteiger partial charge >= 0.3 is 0 Å². The van der Waals surface area contributed by atoms with Crippen molar-refractivity contribution in [1.29, 1.82) is 0 Å². The average Bonchev–Trinajstić information content (AvgIpc) is 3.01. The Morgan fingerprint density at radius 2 is 1.76 bits per heavy atom. The largest absolute Gasteiger partial charge is 0.381 e. The fraction of sp³-hybridized carbons (Fsp3) is 0.846. The van der Waals surface area contributed by atoms with E-state index < -0.39 is 0 Å². The first-order valence-corrected chi connectivity index (χ1v) is 6.85. The fourth-order valence-corrected chi connectivity index (χ4v) is 3.44. The highest BCUT2D eigenvalue weighted by Crippen LogP contribution is 2.45. The molecule has 0 bridgehead atoms. The molecule has 2 N–H and O–H groups in total. The highest BCUT2D eigenvalue weighted by Gasteiger charge is 2.34. The Kier molecular flexibility index (Phi) is 2.60. The molecule has 1 aromatic rings. The lowest BCUT2D eigenvalue weighted by molar-refractivity contribution is 0.204. The van der Waals surface area contributed by atoms with E-state index in [9.17, 15) is 0 Å². The zero-order valence-corrected chi connectivity index (χ0v) is 10.8. The van der Waals surface area contributed by atoms with Gasteiger partial charge in [0.1, 0.15) is 0 Å². The molecule has 2 aliphatic carbocycles. The maximum absolute atomic E-state index is 5.96. The topological polar surface area (TPSA) is 56.7 Å². The van der Waals surface area contributed by atoms with Crippen LogP contribution >= 0.6 is 0 Å². The van der Waals surface area contributed by atoms with Crippen molar-refractivity contribution in [1.82, 2.24) is 15.0 Å². The number of rotatable bonds is 2. The maximum atomic E-state index is 5.96. The Balaban J connectivity index is 1.87. The minimum absolute atomic E-state index is 0.522. The van der Waals surface area contributed by atoms with Crippen molar-refractivity contribution in [3.63, 3.8) is 0 Å². The molecule has 3 rings (SSSR count). The standard InChI is InChI=1S/C13H22N4/c1-8-5-9(2)7-11(6-8)17-12(10-3-4-10)13(14)15-16-17/h8-11H,3-7,14H2,1-2H3. The van der Waals surface area contributed by atoms with Gasteiger partial charge in [-0.2, -0.15) is 0 Å². The van der Waals surface area contributed by atoms with Crippen molar-refractivity contribution in [2.45, 2.75) is 57.9 Å². The molecule has 4 nitrogen and oxygen atoms in total. The van der Waals surface area contributed by atoms with Gasteiger partial charge in [0.25, 0.3) is 0 Å². The van der Waals surface area contributed by atoms with Crippen LogP contribution in [0.5, 0.6) is 0 Å². The van der Waals surface area contributed by atoms with Gasteiger partial charge in [0.2, 0.25) is 0 Å². The SMILES string of the molecule is CC1CC(C)CC(n2nnc(N)c2C2CC2)C1. The zero-order valence-electron chi connectivity index (χ0n) is 10.8. The predicted molar refractivity (Wildman–Crippen MR) is 67.6 cm³/mol. The number of aromatic nitrogens is 3. The monoisotopic (exact) mass is 234 g/mol. The van der Waals surface area contributed by atoms with Crippen molar-refractivity contribution in [2.24, 2.45) is 11.8 Å². The molecule has 2 atom stereocenters. The molecule has 0 saturated heterocycles. The van der Waals surface area contributed by atoms with E-state index in [-0.39, 0.29) is 0 Å². The summed E-state index contributed by atoms with van der Waals surface area (Å²) in [5.41, 5.74) is 7.18. The lowest BCUT2D eigenvalue weighted by Crippen LogP contribution is -2.24. The molecule has 0 amide bonds. The molecule has 1 aromatic heterocycles. The van der Waals surface area contributed by atoms with Crippen LogP contribution in [0.25, 0.3) is 0 Å². The van der Waals surface area contributed by atoms with Gasteiger partial charge in [0.15, 0.2) is 5.82 Å². The van der Waals surface area contributed by atoms with E-state index in [0.717, 1.165) is 11.8 Å². The van der Waals surface area contributed by atoms with E-state index in [4.69, 9.17) is 5.73 Å². The first-order valence-electron chi connectivity index (χ1n) is 6.85. The van der Waals surface area contributed by atoms with Crippen LogP contribution in [0.3, 0.4) is 0 Å². The van der Waals surface area contributed by atoms with Crippen molar-refractivity contribution in [3.05, 3.63) is 5.69 Å². The molecule has 2 fully saturated rings. The van der Waals surface area contributed by atoms with Crippen LogP contribution < -0.4 is 5.73 Å². The summed E-state index contributed by atoms with van der Waals surface area (Å²) in [4.78, 5) is 0. The van der Waals surface area contributed by atoms with Gasteiger partial charge in [-0.1, -0.05) is 19.1 Å². The summed E-state index contributed by atoms with van der Waals surface area (Å²) in [6.45, 7) is 4.69. The molecule has 94 valence electrons. The number of nitrogen functional groups attached to an aromatic ring is 1. The third-order valence-corrected chi connectivity index (χ3v) is 4.22. The van der Waals surface area contributed by atoms with E-state index in [1.165, 1.54) is 37.8 Å². The molecule has 2 aliphatic rings. The van der Waals surface area contributed by atoms with E-state index in [0.29, 0.717) is 17.8 Å². The van der Waals surface area contributed by atoms with E-state index in [1.54, 1.807) is 0 Å². The second kappa shape index (κ2) is 4.00. The van der Waals surface area contributed by atoms with Crippen LogP contribution in [0.2, 0.25) is 0 Å². The lowest BCUT2D eigenvalue weighted by atomic mass is 9.80. The van der Waals surface area contributed by atoms with Crippen molar-refractivity contribution >= 4 is 5.82 Å². The van der Waals surface area contributed by atoms with Gasteiger partial charge in [-0.15, -0.1) is 5.10 Å². The zero-order chi connectivity index (χ0) is 12.0. The molecule has 0 aliphatic heterocycles. The second-order valence-corrected chi connectivity index (χ2v) is 6.15. The van der Waals surface area contributed by atoms with Crippen LogP contribution in [0.15, 0.2) is 0 Å². The van der Waals surface area contributed by atoms with Gasteiger partial charge in [-0.25, -0.2) is 4.68 Å². The van der Waals surface area contributed by atoms with Crippen LogP contribution in [0.1, 0.15) is 63.6 Å². The fourth-order valence-electron chi connectivity index (χ4n) is 3.44. The molecule has 0 radical (unpaired) electrons. The first kappa shape index (κ1) is 11.1. The summed E-state index contributed by atoms with van der Waals surface area (Å²) in [5, 5.41) is 8.41. The van der Waals surface area contributed by atoms with Crippen LogP contribution in [0.4, 0.5) is 5.82 Å². The summed E-state index contributed by atoms with van der Waals surface area (Å²) >= 11 is 0. The Morgan fingerprint density at radius 3 is 2.35 bits per heavy atom. The number of nitrogens with two attached hydrogens (primary N) is 1. The highest BCUT2D eigenvalue weighted by molar-refractivity contribution is 5.38. The summed E-state index contributed by atoms with van der Waals surface area (Å²) in [7, 11) is 0. The molecule has 1 heterocycles. The van der Waals surface area contributed by atoms with Gasteiger partial charge in [-0.3, -0.25) is 0 Å². The number of anilines is 1. The maximum Gasteiger partial charge on any atom is 0.169 e. The van der Waals surface area contributed by atoms with E-state index >= 15 is 0 Å². The van der Waals surface area contributed by atoms with E-state index in [1.807, 2.05) is 0 Å². The number of nitrogens with zero attached hydrogens (tertiary/aromatic N) is 3. The van der Waals surface area contributed by atoms with Crippen molar-refractivity contribution < 1.29 is 0 Å². The Morgan fingerprint density at radius 1 is 1.12 bits per heavy atom. The third kappa shape index (κ3) is 2.05. The first-order chi connectivity index (χ1) is 8.15. The third-order valence-electron chi connectivity index (χ3n) is 4.22. The molecule has 0 spiro atoms. The van der Waals surface area contributed by atoms with Gasteiger partial charge in [-0.05, 0) is 43.9 Å². The Labute approximate surface area is 103 Å². The van der Waals surface area contributed by atoms with Crippen LogP contribution in [-0.2, 0) is 0 Å². The van der Waals surface area contributed by atoms with E-state index in [2.05, 4.69) is 28.8 Å². The molecular formula is C13H22N4. The second-order valence-electron chi connectivity index (χ2n) is 6.15. The molecule has 4 heteroatoms. The van der Waals surface area contributed by atoms with Gasteiger partial charge in [0, 0.05) is 5.92 Å². The number of hydrogen-bond donors (Lipinski definition) is 1. The Bertz CT molecular complexity index is 398. The average molecular weight is 234 g/mol. The molecule has 2 saturated carbocycles. The molecule has 0 aromatic carbocycles. The smallest absolute Gasteiger partial charge is 0.169 e. The Hall–Kier alpha value is -1.06. The highest BCUT2D eigenvalue weighted by atomic mass is 15.5. The number of hydrogen-bond acceptors (Lipinski definition) is 3. The summed E-state index contributed by atoms with van der Waals surface area (Å²) < 4.78 is 2.15. The van der Waals surface area contributed by atoms with Crippen molar-refractivity contribution in [2.75, 3.05) is 5.73 Å². The minimum Gasteiger partial charge on any atom is -0.381 e. The van der Waals surface area contributed by atoms with Gasteiger partial charge in [0.05, 0.1) is 11.7 Å². The van der Waals surface area contributed by atoms with Crippen LogP contribution in [-0.4, -0.2) is 15.0 Å². The van der Waals surface area contributed by atoms with Gasteiger partial charge < -0.3 is 5.73 Å². The summed E-state index contributed by atoms with van der Waals surface area (Å²) in [6.07, 6.45) is 6.32. The molecule has 17 heavy (non-hydrogen) atoms. The van der Waals surface area contributed by atoms with Crippen LogP contribution in [0, 0.1) is 11.8 Å². The summed E-state index contributed by atoms with van der Waals surface area (Å²) in [5.74, 6) is 2.89. The predicted octanol–water partition coefficient (Wildman–Crippen LogP) is 2.73. The summed E-state index contributed by atoms with van der Waals surface area (Å²) in [6, 6.07) is 0.522. The quantitative estimate of drug-likeness (QED) is 0.856. The molecular weight excluding hydrogens is 212 g/mol.